The highest BCUT2D eigenvalue weighted by Gasteiger charge is 2.27. The molecule has 1 heterocycles. The molecule has 27 heavy (non-hydrogen) atoms. The Kier molecular flexibility index (Phi) is 9.00. The van der Waals surface area contributed by atoms with Gasteiger partial charge in [0.25, 0.3) is 0 Å². The van der Waals surface area contributed by atoms with E-state index in [-0.39, 0.29) is 41.8 Å². The molecule has 2 N–H and O–H groups in total. The average molecular weight is 508 g/mol. The SMILES string of the molecule is CN=C(NCc1ccc(S(C)(=O)=O)cc1)NC1CCN(C(=O)C(C)C)C1.I. The number of sulfone groups is 1. The first-order chi connectivity index (χ1) is 12.2. The van der Waals surface area contributed by atoms with E-state index < -0.39 is 9.84 Å². The van der Waals surface area contributed by atoms with Gasteiger partial charge in [0, 0.05) is 44.9 Å². The van der Waals surface area contributed by atoms with E-state index in [1.165, 1.54) is 6.26 Å². The normalized spacial score (nSPS) is 17.6. The van der Waals surface area contributed by atoms with Gasteiger partial charge in [-0.25, -0.2) is 8.42 Å². The van der Waals surface area contributed by atoms with E-state index in [2.05, 4.69) is 15.6 Å². The second kappa shape index (κ2) is 10.3. The van der Waals surface area contributed by atoms with Crippen molar-refractivity contribution >= 4 is 45.7 Å². The highest BCUT2D eigenvalue weighted by Crippen LogP contribution is 2.13. The summed E-state index contributed by atoms with van der Waals surface area (Å²) in [5, 5.41) is 6.57. The van der Waals surface area contributed by atoms with Crippen molar-refractivity contribution in [1.29, 1.82) is 0 Å². The van der Waals surface area contributed by atoms with E-state index in [0.29, 0.717) is 23.9 Å². The van der Waals surface area contributed by atoms with E-state index in [4.69, 9.17) is 0 Å². The van der Waals surface area contributed by atoms with E-state index in [1.54, 1.807) is 31.3 Å². The van der Waals surface area contributed by atoms with Crippen molar-refractivity contribution in [2.45, 2.75) is 37.8 Å². The lowest BCUT2D eigenvalue weighted by Gasteiger charge is -2.20. The Bertz CT molecular complexity index is 763. The minimum absolute atomic E-state index is 0. The number of hydrogen-bond donors (Lipinski definition) is 2. The highest BCUT2D eigenvalue weighted by molar-refractivity contribution is 14.0. The van der Waals surface area contributed by atoms with Gasteiger partial charge in [-0.1, -0.05) is 26.0 Å². The fourth-order valence-electron chi connectivity index (χ4n) is 2.87. The molecule has 1 unspecified atom stereocenters. The molecular formula is C18H29IN4O3S. The summed E-state index contributed by atoms with van der Waals surface area (Å²) in [7, 11) is -1.48. The Morgan fingerprint density at radius 3 is 2.44 bits per heavy atom. The molecule has 1 aliphatic rings. The largest absolute Gasteiger partial charge is 0.352 e. The van der Waals surface area contributed by atoms with Gasteiger partial charge in [0.2, 0.25) is 5.91 Å². The first-order valence-electron chi connectivity index (χ1n) is 8.75. The molecule has 1 saturated heterocycles. The first-order valence-corrected chi connectivity index (χ1v) is 10.6. The van der Waals surface area contributed by atoms with Crippen molar-refractivity contribution in [3.8, 4) is 0 Å². The lowest BCUT2D eigenvalue weighted by atomic mass is 10.2. The molecule has 0 saturated carbocycles. The van der Waals surface area contributed by atoms with Gasteiger partial charge in [0.15, 0.2) is 15.8 Å². The zero-order valence-corrected chi connectivity index (χ0v) is 19.4. The Labute approximate surface area is 178 Å². The van der Waals surface area contributed by atoms with Gasteiger partial charge >= 0.3 is 0 Å². The lowest BCUT2D eigenvalue weighted by Crippen LogP contribution is -2.45. The predicted octanol–water partition coefficient (Wildman–Crippen LogP) is 1.63. The third-order valence-corrected chi connectivity index (χ3v) is 5.50. The van der Waals surface area contributed by atoms with Crippen LogP contribution in [0.2, 0.25) is 0 Å². The minimum Gasteiger partial charge on any atom is -0.352 e. The average Bonchev–Trinajstić information content (AvgIpc) is 3.05. The van der Waals surface area contributed by atoms with Gasteiger partial charge in [-0.15, -0.1) is 24.0 Å². The number of carbonyl (C=O) groups is 1. The van der Waals surface area contributed by atoms with Crippen molar-refractivity contribution in [3.63, 3.8) is 0 Å². The Morgan fingerprint density at radius 1 is 1.30 bits per heavy atom. The second-order valence-corrected chi connectivity index (χ2v) is 8.93. The number of aliphatic imine (C=N–C) groups is 1. The quantitative estimate of drug-likeness (QED) is 0.359. The van der Waals surface area contributed by atoms with Crippen LogP contribution in [0.15, 0.2) is 34.2 Å². The third-order valence-electron chi connectivity index (χ3n) is 4.37. The number of likely N-dealkylation sites (tertiary alicyclic amines) is 1. The molecule has 2 rings (SSSR count). The zero-order chi connectivity index (χ0) is 19.3. The fraction of sp³-hybridized carbons (Fsp3) is 0.556. The van der Waals surface area contributed by atoms with Crippen LogP contribution in [0, 0.1) is 5.92 Å². The minimum atomic E-state index is -3.18. The van der Waals surface area contributed by atoms with Crippen LogP contribution in [0.1, 0.15) is 25.8 Å². The van der Waals surface area contributed by atoms with Crippen LogP contribution in [0.25, 0.3) is 0 Å². The molecule has 1 aromatic rings. The molecule has 1 amide bonds. The molecule has 0 bridgehead atoms. The Hall–Kier alpha value is -1.36. The number of guanidine groups is 1. The number of hydrogen-bond acceptors (Lipinski definition) is 4. The van der Waals surface area contributed by atoms with Crippen LogP contribution >= 0.6 is 24.0 Å². The molecule has 0 spiro atoms. The molecule has 1 aliphatic heterocycles. The molecule has 0 aromatic heterocycles. The number of halogens is 1. The van der Waals surface area contributed by atoms with Crippen LogP contribution in [-0.4, -0.2) is 57.6 Å². The first kappa shape index (κ1) is 23.7. The van der Waals surface area contributed by atoms with E-state index in [0.717, 1.165) is 18.5 Å². The summed E-state index contributed by atoms with van der Waals surface area (Å²) in [6.45, 7) is 5.81. The Morgan fingerprint density at radius 2 is 1.93 bits per heavy atom. The number of benzene rings is 1. The summed E-state index contributed by atoms with van der Waals surface area (Å²) in [5.41, 5.74) is 0.961. The molecule has 7 nitrogen and oxygen atoms in total. The fourth-order valence-corrected chi connectivity index (χ4v) is 3.50. The maximum Gasteiger partial charge on any atom is 0.225 e. The van der Waals surface area contributed by atoms with Crippen molar-refractivity contribution in [2.24, 2.45) is 10.9 Å². The summed E-state index contributed by atoms with van der Waals surface area (Å²) < 4.78 is 23.0. The van der Waals surface area contributed by atoms with Gasteiger partial charge in [0.05, 0.1) is 4.90 Å². The summed E-state index contributed by atoms with van der Waals surface area (Å²) in [5.74, 6) is 0.866. The molecule has 9 heteroatoms. The summed E-state index contributed by atoms with van der Waals surface area (Å²) in [6.07, 6.45) is 2.09. The topological polar surface area (TPSA) is 90.9 Å². The summed E-state index contributed by atoms with van der Waals surface area (Å²) >= 11 is 0. The smallest absolute Gasteiger partial charge is 0.225 e. The van der Waals surface area contributed by atoms with E-state index in [1.807, 2.05) is 18.7 Å². The predicted molar refractivity (Wildman–Crippen MR) is 118 cm³/mol. The van der Waals surface area contributed by atoms with Crippen LogP contribution in [0.3, 0.4) is 0 Å². The molecule has 152 valence electrons. The second-order valence-electron chi connectivity index (χ2n) is 6.91. The van der Waals surface area contributed by atoms with Crippen LogP contribution in [0.5, 0.6) is 0 Å². The number of amides is 1. The summed E-state index contributed by atoms with van der Waals surface area (Å²) in [6, 6.07) is 6.96. The van der Waals surface area contributed by atoms with Gasteiger partial charge in [-0.2, -0.15) is 0 Å². The molecule has 1 atom stereocenters. The highest BCUT2D eigenvalue weighted by atomic mass is 127. The zero-order valence-electron chi connectivity index (χ0n) is 16.2. The molecule has 1 aromatic carbocycles. The van der Waals surface area contributed by atoms with E-state index in [9.17, 15) is 13.2 Å². The Balaban J connectivity index is 0.00000364. The van der Waals surface area contributed by atoms with Gasteiger partial charge in [-0.3, -0.25) is 9.79 Å². The van der Waals surface area contributed by atoms with Gasteiger partial charge < -0.3 is 15.5 Å². The lowest BCUT2D eigenvalue weighted by molar-refractivity contribution is -0.133. The number of nitrogens with zero attached hydrogens (tertiary/aromatic N) is 2. The van der Waals surface area contributed by atoms with Crippen LogP contribution in [-0.2, 0) is 21.2 Å². The summed E-state index contributed by atoms with van der Waals surface area (Å²) in [4.78, 5) is 18.5. The van der Waals surface area contributed by atoms with Crippen molar-refractivity contribution in [2.75, 3.05) is 26.4 Å². The maximum absolute atomic E-state index is 12.1. The molecule has 0 radical (unpaired) electrons. The van der Waals surface area contributed by atoms with Gasteiger partial charge in [0.1, 0.15) is 0 Å². The number of carbonyl (C=O) groups excluding carboxylic acids is 1. The van der Waals surface area contributed by atoms with Crippen LogP contribution in [0.4, 0.5) is 0 Å². The van der Waals surface area contributed by atoms with Crippen molar-refractivity contribution in [1.82, 2.24) is 15.5 Å². The maximum atomic E-state index is 12.1. The molecule has 1 fully saturated rings. The van der Waals surface area contributed by atoms with Gasteiger partial charge in [-0.05, 0) is 24.1 Å². The third kappa shape index (κ3) is 6.95. The monoisotopic (exact) mass is 508 g/mol. The molecule has 0 aliphatic carbocycles. The molecular weight excluding hydrogens is 479 g/mol. The van der Waals surface area contributed by atoms with Crippen molar-refractivity contribution < 1.29 is 13.2 Å². The standard InChI is InChI=1S/C18H28N4O3S.HI/c1-13(2)17(23)22-10-9-15(12-22)21-18(19-3)20-11-14-5-7-16(8-6-14)26(4,24)25;/h5-8,13,15H,9-12H2,1-4H3,(H2,19,20,21);1H. The van der Waals surface area contributed by atoms with E-state index >= 15 is 0 Å². The van der Waals surface area contributed by atoms with Crippen molar-refractivity contribution in [3.05, 3.63) is 29.8 Å². The number of nitrogens with one attached hydrogen (secondary N) is 2. The van der Waals surface area contributed by atoms with Crippen LogP contribution < -0.4 is 10.6 Å². The number of rotatable bonds is 5.